The van der Waals surface area contributed by atoms with Gasteiger partial charge in [-0.15, -0.1) is 0 Å². The van der Waals surface area contributed by atoms with Crippen LogP contribution >= 0.6 is 15.9 Å². The number of nitrogens with zero attached hydrogens (tertiary/aromatic N) is 2. The van der Waals surface area contributed by atoms with Crippen LogP contribution in [0.25, 0.3) is 0 Å². The van der Waals surface area contributed by atoms with Crippen LogP contribution in [-0.2, 0) is 14.3 Å². The molecule has 2 atom stereocenters. The Morgan fingerprint density at radius 3 is 2.33 bits per heavy atom. The van der Waals surface area contributed by atoms with Crippen molar-refractivity contribution in [3.63, 3.8) is 0 Å². The third kappa shape index (κ3) is 3.61. The SMILES string of the molecule is Cc1ccc(S(=O)(=O)O[C@H]2C[C@H]3CN(c4ccc(Br)cc4)C(=O)N3C2)cc1. The van der Waals surface area contributed by atoms with E-state index >= 15 is 0 Å². The number of fused-ring (bicyclic) bond motifs is 1. The third-order valence-corrected chi connectivity index (χ3v) is 6.86. The summed E-state index contributed by atoms with van der Waals surface area (Å²) in [6, 6.07) is 14.0. The van der Waals surface area contributed by atoms with Gasteiger partial charge >= 0.3 is 6.03 Å². The number of hydrogen-bond acceptors (Lipinski definition) is 4. The lowest BCUT2D eigenvalue weighted by Gasteiger charge is -2.19. The average Bonchev–Trinajstić information content (AvgIpc) is 3.14. The molecule has 2 heterocycles. The van der Waals surface area contributed by atoms with Gasteiger partial charge in [-0.25, -0.2) is 4.79 Å². The van der Waals surface area contributed by atoms with Crippen molar-refractivity contribution in [2.45, 2.75) is 30.4 Å². The lowest BCUT2D eigenvalue weighted by molar-refractivity contribution is 0.197. The van der Waals surface area contributed by atoms with Gasteiger partial charge in [-0.1, -0.05) is 33.6 Å². The van der Waals surface area contributed by atoms with Crippen LogP contribution in [0.3, 0.4) is 0 Å². The van der Waals surface area contributed by atoms with Crippen LogP contribution < -0.4 is 4.90 Å². The van der Waals surface area contributed by atoms with E-state index in [9.17, 15) is 13.2 Å². The van der Waals surface area contributed by atoms with E-state index in [4.69, 9.17) is 4.18 Å². The summed E-state index contributed by atoms with van der Waals surface area (Å²) in [5.74, 6) is 0. The van der Waals surface area contributed by atoms with Crippen LogP contribution in [-0.4, -0.2) is 44.6 Å². The molecule has 2 aliphatic heterocycles. The summed E-state index contributed by atoms with van der Waals surface area (Å²) >= 11 is 3.39. The largest absolute Gasteiger partial charge is 0.324 e. The molecule has 0 unspecified atom stereocenters. The predicted octanol–water partition coefficient (Wildman–Crippen LogP) is 3.55. The lowest BCUT2D eigenvalue weighted by atomic mass is 10.2. The normalized spacial score (nSPS) is 22.4. The van der Waals surface area contributed by atoms with E-state index < -0.39 is 16.2 Å². The summed E-state index contributed by atoms with van der Waals surface area (Å²) in [6.45, 7) is 2.71. The molecule has 2 aromatic carbocycles. The maximum absolute atomic E-state index is 12.7. The average molecular weight is 451 g/mol. The summed E-state index contributed by atoms with van der Waals surface area (Å²) < 4.78 is 31.3. The molecule has 2 aromatic rings. The molecule has 0 N–H and O–H groups in total. The van der Waals surface area contributed by atoms with Crippen molar-refractivity contribution in [3.8, 4) is 0 Å². The molecule has 6 nitrogen and oxygen atoms in total. The number of urea groups is 1. The second-order valence-corrected chi connectivity index (χ2v) is 9.38. The molecule has 0 saturated carbocycles. The van der Waals surface area contributed by atoms with Crippen molar-refractivity contribution in [1.29, 1.82) is 0 Å². The highest BCUT2D eigenvalue weighted by molar-refractivity contribution is 9.10. The first kappa shape index (κ1) is 18.5. The smallest absolute Gasteiger partial charge is 0.317 e. The minimum atomic E-state index is -3.84. The van der Waals surface area contributed by atoms with Gasteiger partial charge in [0.15, 0.2) is 0 Å². The Labute approximate surface area is 167 Å². The highest BCUT2D eigenvalue weighted by atomic mass is 79.9. The molecule has 0 bridgehead atoms. The predicted molar refractivity (Wildman–Crippen MR) is 105 cm³/mol. The maximum Gasteiger partial charge on any atom is 0.324 e. The van der Waals surface area contributed by atoms with E-state index in [1.807, 2.05) is 31.2 Å². The molecular formula is C19H19BrN2O4S. The monoisotopic (exact) mass is 450 g/mol. The molecule has 4 rings (SSSR count). The Hall–Kier alpha value is -1.90. The summed E-state index contributed by atoms with van der Waals surface area (Å²) in [5, 5.41) is 0. The highest BCUT2D eigenvalue weighted by Gasteiger charge is 2.46. The summed E-state index contributed by atoms with van der Waals surface area (Å²) in [5.41, 5.74) is 1.82. The van der Waals surface area contributed by atoms with Crippen LogP contribution in [0.4, 0.5) is 10.5 Å². The Bertz CT molecular complexity index is 960. The zero-order chi connectivity index (χ0) is 19.2. The van der Waals surface area contributed by atoms with Crippen molar-refractivity contribution in [1.82, 2.24) is 4.90 Å². The van der Waals surface area contributed by atoms with Gasteiger partial charge in [-0.05, 0) is 49.7 Å². The van der Waals surface area contributed by atoms with E-state index in [-0.39, 0.29) is 23.5 Å². The van der Waals surface area contributed by atoms with Crippen molar-refractivity contribution in [2.75, 3.05) is 18.0 Å². The third-order valence-electron chi connectivity index (χ3n) is 4.96. The van der Waals surface area contributed by atoms with E-state index in [0.717, 1.165) is 15.7 Å². The van der Waals surface area contributed by atoms with Gasteiger partial charge in [0, 0.05) is 16.7 Å². The van der Waals surface area contributed by atoms with Crippen LogP contribution in [0, 0.1) is 6.92 Å². The van der Waals surface area contributed by atoms with Gasteiger partial charge < -0.3 is 4.90 Å². The van der Waals surface area contributed by atoms with Gasteiger partial charge in [0.05, 0.1) is 23.6 Å². The number of hydrogen-bond donors (Lipinski definition) is 0. The number of aryl methyl sites for hydroxylation is 1. The second kappa shape index (κ2) is 6.92. The van der Waals surface area contributed by atoms with Crippen molar-refractivity contribution in [2.24, 2.45) is 0 Å². The number of benzene rings is 2. The van der Waals surface area contributed by atoms with Crippen LogP contribution in [0.2, 0.25) is 0 Å². The molecular weight excluding hydrogens is 432 g/mol. The van der Waals surface area contributed by atoms with Crippen molar-refractivity contribution in [3.05, 3.63) is 58.6 Å². The standard InChI is InChI=1S/C19H19BrN2O4S/c1-13-2-8-18(9-3-13)27(24,25)26-17-10-16-11-21(19(23)22(16)12-17)15-6-4-14(20)5-7-15/h2-9,16-17H,10-12H2,1H3/t16-,17-/m0/s1. The van der Waals surface area contributed by atoms with Crippen molar-refractivity contribution < 1.29 is 17.4 Å². The maximum atomic E-state index is 12.7. The number of rotatable bonds is 4. The Kier molecular flexibility index (Phi) is 4.73. The van der Waals surface area contributed by atoms with Gasteiger partial charge in [-0.3, -0.25) is 9.08 Å². The molecule has 2 saturated heterocycles. The fourth-order valence-electron chi connectivity index (χ4n) is 3.57. The molecule has 2 fully saturated rings. The van der Waals surface area contributed by atoms with Crippen LogP contribution in [0.5, 0.6) is 0 Å². The minimum absolute atomic E-state index is 0.0423. The number of carbonyl (C=O) groups is 1. The van der Waals surface area contributed by atoms with E-state index in [1.54, 1.807) is 34.1 Å². The van der Waals surface area contributed by atoms with Gasteiger partial charge in [-0.2, -0.15) is 8.42 Å². The second-order valence-electron chi connectivity index (χ2n) is 6.90. The fraction of sp³-hybridized carbons (Fsp3) is 0.316. The highest BCUT2D eigenvalue weighted by Crippen LogP contribution is 2.33. The minimum Gasteiger partial charge on any atom is -0.317 e. The first-order valence-corrected chi connectivity index (χ1v) is 10.9. The number of halogens is 1. The number of carbonyl (C=O) groups excluding carboxylic acids is 1. The van der Waals surface area contributed by atoms with Crippen LogP contribution in [0.15, 0.2) is 57.9 Å². The molecule has 2 aliphatic rings. The summed E-state index contributed by atoms with van der Waals surface area (Å²) in [7, 11) is -3.84. The van der Waals surface area contributed by atoms with Gasteiger partial charge in [0.2, 0.25) is 0 Å². The molecule has 2 amide bonds. The van der Waals surface area contributed by atoms with Crippen molar-refractivity contribution >= 4 is 37.8 Å². The summed E-state index contributed by atoms with van der Waals surface area (Å²) in [6.07, 6.45) is -0.0125. The fourth-order valence-corrected chi connectivity index (χ4v) is 4.91. The summed E-state index contributed by atoms with van der Waals surface area (Å²) in [4.78, 5) is 16.3. The lowest BCUT2D eigenvalue weighted by Crippen LogP contribution is -2.34. The first-order valence-electron chi connectivity index (χ1n) is 8.67. The molecule has 0 aromatic heterocycles. The Morgan fingerprint density at radius 2 is 1.70 bits per heavy atom. The zero-order valence-corrected chi connectivity index (χ0v) is 17.1. The topological polar surface area (TPSA) is 66.9 Å². The molecule has 27 heavy (non-hydrogen) atoms. The van der Waals surface area contributed by atoms with E-state index in [1.165, 1.54) is 0 Å². The molecule has 0 radical (unpaired) electrons. The van der Waals surface area contributed by atoms with Crippen LogP contribution in [0.1, 0.15) is 12.0 Å². The molecule has 142 valence electrons. The van der Waals surface area contributed by atoms with E-state index in [0.29, 0.717) is 13.0 Å². The molecule has 0 spiro atoms. The number of amides is 2. The van der Waals surface area contributed by atoms with Gasteiger partial charge in [0.25, 0.3) is 10.1 Å². The van der Waals surface area contributed by atoms with E-state index in [2.05, 4.69) is 15.9 Å². The first-order chi connectivity index (χ1) is 12.8. The zero-order valence-electron chi connectivity index (χ0n) is 14.7. The molecule has 0 aliphatic carbocycles. The Balaban J connectivity index is 1.44. The van der Waals surface area contributed by atoms with Gasteiger partial charge in [0.1, 0.15) is 0 Å². The number of anilines is 1. The molecule has 8 heteroatoms. The Morgan fingerprint density at radius 1 is 1.04 bits per heavy atom. The quantitative estimate of drug-likeness (QED) is 0.667.